The highest BCUT2D eigenvalue weighted by molar-refractivity contribution is 7.17. The first-order chi connectivity index (χ1) is 9.72. The van der Waals surface area contributed by atoms with Gasteiger partial charge in [-0.05, 0) is 29.1 Å². The van der Waals surface area contributed by atoms with E-state index in [4.69, 9.17) is 5.11 Å². The molecule has 1 aliphatic rings. The number of rotatable bonds is 2. The van der Waals surface area contributed by atoms with Gasteiger partial charge in [0.1, 0.15) is 5.52 Å². The summed E-state index contributed by atoms with van der Waals surface area (Å²) in [6.45, 7) is 0. The molecule has 20 heavy (non-hydrogen) atoms. The van der Waals surface area contributed by atoms with Crippen LogP contribution in [-0.2, 0) is 6.42 Å². The van der Waals surface area contributed by atoms with Crippen LogP contribution in [0.15, 0.2) is 29.6 Å². The molecule has 3 N–H and O–H groups in total. The second kappa shape index (κ2) is 4.08. The molecule has 3 heterocycles. The Bertz CT molecular complexity index is 821. The predicted octanol–water partition coefficient (Wildman–Crippen LogP) is 3.03. The highest BCUT2D eigenvalue weighted by atomic mass is 32.1. The molecule has 0 bridgehead atoms. The van der Waals surface area contributed by atoms with Crippen LogP contribution >= 0.6 is 11.3 Å². The maximum Gasteiger partial charge on any atom is 0.335 e. The van der Waals surface area contributed by atoms with Gasteiger partial charge in [0.15, 0.2) is 0 Å². The lowest BCUT2D eigenvalue weighted by atomic mass is 10.1. The monoisotopic (exact) mass is 285 g/mol. The van der Waals surface area contributed by atoms with Crippen molar-refractivity contribution in [2.24, 2.45) is 0 Å². The number of fused-ring (bicyclic) bond motifs is 2. The molecule has 0 aliphatic carbocycles. The van der Waals surface area contributed by atoms with E-state index in [1.165, 1.54) is 0 Å². The number of carboxylic acid groups (broad SMARTS) is 1. The van der Waals surface area contributed by atoms with E-state index in [1.807, 2.05) is 17.5 Å². The quantitative estimate of drug-likeness (QED) is 0.676. The molecule has 4 rings (SSSR count). The van der Waals surface area contributed by atoms with Crippen molar-refractivity contribution >= 4 is 33.2 Å². The van der Waals surface area contributed by atoms with Crippen LogP contribution in [0.1, 0.15) is 27.7 Å². The van der Waals surface area contributed by atoms with Gasteiger partial charge in [-0.2, -0.15) is 5.10 Å². The highest BCUT2D eigenvalue weighted by Gasteiger charge is 2.26. The molecule has 0 amide bonds. The summed E-state index contributed by atoms with van der Waals surface area (Å²) < 4.78 is 1.16. The Morgan fingerprint density at radius 2 is 2.30 bits per heavy atom. The van der Waals surface area contributed by atoms with Crippen molar-refractivity contribution in [3.05, 3.63) is 46.5 Å². The number of hydrogen-bond acceptors (Lipinski definition) is 4. The molecule has 100 valence electrons. The largest absolute Gasteiger partial charge is 0.478 e. The van der Waals surface area contributed by atoms with Gasteiger partial charge in [-0.25, -0.2) is 4.79 Å². The minimum Gasteiger partial charge on any atom is -0.478 e. The Kier molecular flexibility index (Phi) is 2.34. The lowest BCUT2D eigenvalue weighted by Gasteiger charge is -2.08. The van der Waals surface area contributed by atoms with Crippen molar-refractivity contribution in [2.75, 3.05) is 5.32 Å². The molecular weight excluding hydrogens is 274 g/mol. The number of hydrogen-bond donors (Lipinski definition) is 3. The molecule has 0 saturated carbocycles. The Hall–Kier alpha value is -2.34. The Balaban J connectivity index is 1.71. The van der Waals surface area contributed by atoms with E-state index in [0.717, 1.165) is 33.6 Å². The normalized spacial score (nSPS) is 17.1. The molecule has 6 heteroatoms. The van der Waals surface area contributed by atoms with Crippen molar-refractivity contribution in [3.8, 4) is 0 Å². The van der Waals surface area contributed by atoms with E-state index < -0.39 is 5.97 Å². The first-order valence-corrected chi connectivity index (χ1v) is 7.14. The molecular formula is C14H11N3O2S. The summed E-state index contributed by atoms with van der Waals surface area (Å²) in [5.74, 6) is -0.903. The molecule has 0 radical (unpaired) electrons. The molecule has 0 saturated heterocycles. The summed E-state index contributed by atoms with van der Waals surface area (Å²) in [5.41, 5.74) is 4.40. The van der Waals surface area contributed by atoms with Gasteiger partial charge in [0.2, 0.25) is 0 Å². The van der Waals surface area contributed by atoms with E-state index in [2.05, 4.69) is 15.5 Å². The predicted molar refractivity (Wildman–Crippen MR) is 77.4 cm³/mol. The second-order valence-corrected chi connectivity index (χ2v) is 5.77. The number of carboxylic acids is 1. The lowest BCUT2D eigenvalue weighted by Crippen LogP contribution is -2.06. The number of aromatic amines is 1. The number of aromatic nitrogens is 2. The third kappa shape index (κ3) is 1.61. The van der Waals surface area contributed by atoms with Gasteiger partial charge in [-0.3, -0.25) is 5.10 Å². The molecule has 1 aromatic carbocycles. The fourth-order valence-corrected chi connectivity index (χ4v) is 3.54. The topological polar surface area (TPSA) is 78.0 Å². The van der Waals surface area contributed by atoms with Crippen molar-refractivity contribution in [1.82, 2.24) is 10.2 Å². The zero-order valence-electron chi connectivity index (χ0n) is 10.4. The number of carbonyl (C=O) groups is 1. The molecule has 1 aliphatic heterocycles. The third-order valence-electron chi connectivity index (χ3n) is 3.64. The van der Waals surface area contributed by atoms with Crippen molar-refractivity contribution < 1.29 is 9.90 Å². The number of H-pyrrole nitrogens is 1. The fraction of sp³-hybridized carbons (Fsp3) is 0.143. The maximum atomic E-state index is 11.0. The first kappa shape index (κ1) is 11.5. The zero-order valence-corrected chi connectivity index (χ0v) is 11.2. The highest BCUT2D eigenvalue weighted by Crippen LogP contribution is 2.37. The van der Waals surface area contributed by atoms with E-state index >= 15 is 0 Å². The van der Waals surface area contributed by atoms with Crippen LogP contribution in [0.3, 0.4) is 0 Å². The van der Waals surface area contributed by atoms with E-state index in [9.17, 15) is 4.79 Å². The molecule has 1 atom stereocenters. The molecule has 0 spiro atoms. The zero-order chi connectivity index (χ0) is 13.7. The van der Waals surface area contributed by atoms with Crippen LogP contribution in [-0.4, -0.2) is 21.3 Å². The summed E-state index contributed by atoms with van der Waals surface area (Å²) in [5, 5.41) is 21.8. The standard InChI is InChI=1S/C14H11N3O2S/c18-14(19)8-2-1-7-5-11(15-10(7)6-8)12-13-9(16-17-12)3-4-20-13/h1-4,6,11,15H,5H2,(H,16,17)(H,18,19). The Labute approximate surface area is 118 Å². The van der Waals surface area contributed by atoms with E-state index in [0.29, 0.717) is 5.56 Å². The Morgan fingerprint density at radius 1 is 1.40 bits per heavy atom. The van der Waals surface area contributed by atoms with Gasteiger partial charge in [0.05, 0.1) is 22.0 Å². The third-order valence-corrected chi connectivity index (χ3v) is 4.58. The van der Waals surface area contributed by atoms with Crippen LogP contribution < -0.4 is 5.32 Å². The first-order valence-electron chi connectivity index (χ1n) is 6.26. The van der Waals surface area contributed by atoms with Gasteiger partial charge < -0.3 is 10.4 Å². The van der Waals surface area contributed by atoms with Gasteiger partial charge in [0.25, 0.3) is 0 Å². The SMILES string of the molecule is O=C(O)c1ccc2c(c1)NC(c1[nH]nc3ccsc13)C2. The van der Waals surface area contributed by atoms with Gasteiger partial charge in [-0.1, -0.05) is 6.07 Å². The number of aromatic carboxylic acids is 1. The van der Waals surface area contributed by atoms with E-state index in [1.54, 1.807) is 23.5 Å². The summed E-state index contributed by atoms with van der Waals surface area (Å²) >= 11 is 1.67. The number of anilines is 1. The maximum absolute atomic E-state index is 11.0. The molecule has 2 aromatic heterocycles. The molecule has 5 nitrogen and oxygen atoms in total. The van der Waals surface area contributed by atoms with Crippen molar-refractivity contribution in [1.29, 1.82) is 0 Å². The molecule has 0 fully saturated rings. The number of benzene rings is 1. The van der Waals surface area contributed by atoms with Crippen LogP contribution in [0, 0.1) is 0 Å². The van der Waals surface area contributed by atoms with Gasteiger partial charge in [0, 0.05) is 12.1 Å². The number of thiophene rings is 1. The average molecular weight is 285 g/mol. The summed E-state index contributed by atoms with van der Waals surface area (Å²) in [7, 11) is 0. The molecule has 1 unspecified atom stereocenters. The number of nitrogens with zero attached hydrogens (tertiary/aromatic N) is 1. The van der Waals surface area contributed by atoms with Gasteiger partial charge in [-0.15, -0.1) is 11.3 Å². The van der Waals surface area contributed by atoms with Crippen molar-refractivity contribution in [2.45, 2.75) is 12.5 Å². The molecule has 3 aromatic rings. The van der Waals surface area contributed by atoms with Crippen LogP contribution in [0.4, 0.5) is 5.69 Å². The summed E-state index contributed by atoms with van der Waals surface area (Å²) in [6.07, 6.45) is 0.838. The van der Waals surface area contributed by atoms with Gasteiger partial charge >= 0.3 is 5.97 Å². The average Bonchev–Trinajstić information content (AvgIpc) is 3.11. The van der Waals surface area contributed by atoms with E-state index in [-0.39, 0.29) is 6.04 Å². The van der Waals surface area contributed by atoms with Crippen LogP contribution in [0.2, 0.25) is 0 Å². The Morgan fingerprint density at radius 3 is 3.15 bits per heavy atom. The smallest absolute Gasteiger partial charge is 0.335 e. The second-order valence-electron chi connectivity index (χ2n) is 4.85. The minimum atomic E-state index is -0.903. The summed E-state index contributed by atoms with van der Waals surface area (Å²) in [4.78, 5) is 11.0. The lowest BCUT2D eigenvalue weighted by molar-refractivity contribution is 0.0697. The minimum absolute atomic E-state index is 0.123. The van der Waals surface area contributed by atoms with Crippen LogP contribution in [0.25, 0.3) is 10.2 Å². The van der Waals surface area contributed by atoms with Crippen LogP contribution in [0.5, 0.6) is 0 Å². The summed E-state index contributed by atoms with van der Waals surface area (Å²) in [6, 6.07) is 7.34. The fourth-order valence-electron chi connectivity index (χ4n) is 2.65. The number of nitrogens with one attached hydrogen (secondary N) is 2. The van der Waals surface area contributed by atoms with Crippen molar-refractivity contribution in [3.63, 3.8) is 0 Å².